The second-order valence-corrected chi connectivity index (χ2v) is 16.4. The van der Waals surface area contributed by atoms with Crippen molar-refractivity contribution in [2.75, 3.05) is 9.80 Å². The van der Waals surface area contributed by atoms with E-state index in [1.54, 1.807) is 0 Å². The summed E-state index contributed by atoms with van der Waals surface area (Å²) >= 11 is 0. The summed E-state index contributed by atoms with van der Waals surface area (Å²) in [5, 5.41) is 0. The first kappa shape index (κ1) is 36.9. The van der Waals surface area contributed by atoms with E-state index >= 15 is 0 Å². The van der Waals surface area contributed by atoms with Crippen molar-refractivity contribution in [2.45, 2.75) is 25.7 Å². The highest BCUT2D eigenvalue weighted by Gasteiger charge is 2.37. The molecule has 1 aliphatic heterocycles. The first-order valence-corrected chi connectivity index (χ1v) is 20.8. The summed E-state index contributed by atoms with van der Waals surface area (Å²) < 4.78 is 0. The number of anilines is 5. The molecule has 0 unspecified atom stereocenters. The van der Waals surface area contributed by atoms with Gasteiger partial charge >= 0.3 is 0 Å². The summed E-state index contributed by atoms with van der Waals surface area (Å²) in [4.78, 5) is 4.68. The first-order chi connectivity index (χ1) is 29.3. The lowest BCUT2D eigenvalue weighted by Crippen LogP contribution is -2.17. The maximum absolute atomic E-state index is 4.63. The standard InChI is InChI=1S/C58H46N2/c1-40-26-35-55-52(51-21-11-13-23-54(51)58(55,3)4)39-53-49(40)22-15-25-57(53)60(47-31-27-43(28-32-47)42-16-7-5-8-17-42)48-33-29-44(30-34-48)45-36-37-59(46-18-9-6-10-19-46)56-24-14-12-20-50(56)41(2)38-45/h5-38H,1-2,39H2,3-4H3/b35-26-,37-36-,45-38+. The van der Waals surface area contributed by atoms with E-state index in [4.69, 9.17) is 0 Å². The van der Waals surface area contributed by atoms with E-state index in [-0.39, 0.29) is 5.41 Å². The third-order valence-electron chi connectivity index (χ3n) is 12.4. The van der Waals surface area contributed by atoms with Crippen LogP contribution in [0.15, 0.2) is 225 Å². The molecule has 0 saturated heterocycles. The molecule has 0 amide bonds. The minimum atomic E-state index is -0.108. The van der Waals surface area contributed by atoms with Gasteiger partial charge in [-0.2, -0.15) is 0 Å². The summed E-state index contributed by atoms with van der Waals surface area (Å²) in [6.07, 6.45) is 11.9. The molecule has 2 nitrogen and oxygen atoms in total. The van der Waals surface area contributed by atoms with Crippen molar-refractivity contribution in [1.29, 1.82) is 0 Å². The normalized spacial score (nSPS) is 17.1. The number of fused-ring (bicyclic) bond motifs is 4. The van der Waals surface area contributed by atoms with Gasteiger partial charge in [0.1, 0.15) is 0 Å². The molecule has 0 bridgehead atoms. The van der Waals surface area contributed by atoms with E-state index in [1.165, 1.54) is 44.5 Å². The predicted octanol–water partition coefficient (Wildman–Crippen LogP) is 15.5. The van der Waals surface area contributed by atoms with Crippen LogP contribution in [-0.4, -0.2) is 0 Å². The van der Waals surface area contributed by atoms with Crippen molar-refractivity contribution in [3.63, 3.8) is 0 Å². The molecule has 0 radical (unpaired) electrons. The number of para-hydroxylation sites is 2. The second-order valence-electron chi connectivity index (χ2n) is 16.4. The Kier molecular flexibility index (Phi) is 9.26. The van der Waals surface area contributed by atoms with Crippen molar-refractivity contribution in [1.82, 2.24) is 0 Å². The van der Waals surface area contributed by atoms with E-state index in [0.717, 1.165) is 62.7 Å². The van der Waals surface area contributed by atoms with Crippen LogP contribution in [0.2, 0.25) is 0 Å². The summed E-state index contributed by atoms with van der Waals surface area (Å²) in [6.45, 7) is 13.9. The monoisotopic (exact) mass is 770 g/mol. The Labute approximate surface area is 354 Å². The smallest absolute Gasteiger partial charge is 0.0533 e. The van der Waals surface area contributed by atoms with Crippen molar-refractivity contribution in [3.8, 4) is 11.1 Å². The van der Waals surface area contributed by atoms with Crippen LogP contribution in [0.25, 0.3) is 33.4 Å². The molecule has 0 saturated carbocycles. The van der Waals surface area contributed by atoms with Crippen molar-refractivity contribution < 1.29 is 0 Å². The van der Waals surface area contributed by atoms with Crippen LogP contribution in [-0.2, 0) is 11.8 Å². The molecular formula is C58H46N2. The Balaban J connectivity index is 1.10. The zero-order chi connectivity index (χ0) is 40.8. The Morgan fingerprint density at radius 1 is 0.517 bits per heavy atom. The molecule has 288 valence electrons. The Bertz CT molecular complexity index is 2920. The lowest BCUT2D eigenvalue weighted by Gasteiger charge is -2.30. The van der Waals surface area contributed by atoms with Gasteiger partial charge in [0.2, 0.25) is 0 Å². The van der Waals surface area contributed by atoms with Crippen LogP contribution in [0.5, 0.6) is 0 Å². The molecule has 10 rings (SSSR count). The summed E-state index contributed by atoms with van der Waals surface area (Å²) in [5.74, 6) is 0. The van der Waals surface area contributed by atoms with Gasteiger partial charge in [-0.05, 0) is 127 Å². The average molecular weight is 771 g/mol. The summed E-state index contributed by atoms with van der Waals surface area (Å²) in [5.41, 5.74) is 21.0. The van der Waals surface area contributed by atoms with Crippen LogP contribution in [0.3, 0.4) is 0 Å². The zero-order valence-electron chi connectivity index (χ0n) is 34.1. The number of benzene rings is 7. The SMILES string of the molecule is C=C1/C=C(c2ccc(N(c3ccc(-c4ccccc4)cc3)c3cccc4c3CC3=C(/C=C\C4=C)C(C)(C)c4ccccc43)cc2)\C=C/N(c2ccccc2)c2ccccc21. The predicted molar refractivity (Wildman–Crippen MR) is 256 cm³/mol. The van der Waals surface area contributed by atoms with Crippen LogP contribution in [0.1, 0.15) is 47.2 Å². The van der Waals surface area contributed by atoms with Crippen LogP contribution in [0, 0.1) is 0 Å². The van der Waals surface area contributed by atoms with Crippen LogP contribution in [0.4, 0.5) is 28.4 Å². The Morgan fingerprint density at radius 2 is 1.12 bits per heavy atom. The van der Waals surface area contributed by atoms with Crippen LogP contribution < -0.4 is 9.80 Å². The lowest BCUT2D eigenvalue weighted by atomic mass is 9.80. The van der Waals surface area contributed by atoms with Gasteiger partial charge in [0.05, 0.1) is 11.4 Å². The van der Waals surface area contributed by atoms with Gasteiger partial charge in [0.25, 0.3) is 0 Å². The molecule has 2 aliphatic carbocycles. The number of hydrogen-bond donors (Lipinski definition) is 0. The molecule has 0 spiro atoms. The van der Waals surface area contributed by atoms with Crippen LogP contribution >= 0.6 is 0 Å². The molecule has 1 heterocycles. The summed E-state index contributed by atoms with van der Waals surface area (Å²) in [6, 6.07) is 63.2. The molecular weight excluding hydrogens is 725 g/mol. The summed E-state index contributed by atoms with van der Waals surface area (Å²) in [7, 11) is 0. The van der Waals surface area contributed by atoms with E-state index in [0.29, 0.717) is 0 Å². The number of nitrogens with zero attached hydrogens (tertiary/aromatic N) is 2. The zero-order valence-corrected chi connectivity index (χ0v) is 34.1. The minimum absolute atomic E-state index is 0.108. The van der Waals surface area contributed by atoms with Crippen molar-refractivity contribution in [2.24, 2.45) is 0 Å². The van der Waals surface area contributed by atoms with Gasteiger partial charge in [-0.25, -0.2) is 0 Å². The average Bonchev–Trinajstić information content (AvgIpc) is 3.49. The molecule has 0 N–H and O–H groups in total. The highest BCUT2D eigenvalue weighted by molar-refractivity contribution is 5.95. The maximum atomic E-state index is 4.63. The van der Waals surface area contributed by atoms with E-state index in [2.05, 4.69) is 243 Å². The van der Waals surface area contributed by atoms with Gasteiger partial charge in [0.15, 0.2) is 0 Å². The largest absolute Gasteiger partial charge is 0.317 e. The number of rotatable bonds is 6. The Hall–Kier alpha value is -7.42. The topological polar surface area (TPSA) is 6.48 Å². The lowest BCUT2D eigenvalue weighted by molar-refractivity contribution is 0.653. The molecule has 60 heavy (non-hydrogen) atoms. The fourth-order valence-corrected chi connectivity index (χ4v) is 9.34. The highest BCUT2D eigenvalue weighted by Crippen LogP contribution is 2.51. The highest BCUT2D eigenvalue weighted by atomic mass is 15.1. The minimum Gasteiger partial charge on any atom is -0.317 e. The van der Waals surface area contributed by atoms with Gasteiger partial charge in [-0.1, -0.05) is 167 Å². The molecule has 7 aromatic carbocycles. The van der Waals surface area contributed by atoms with E-state index < -0.39 is 0 Å². The van der Waals surface area contributed by atoms with Gasteiger partial charge in [0, 0.05) is 40.7 Å². The maximum Gasteiger partial charge on any atom is 0.0533 e. The number of hydrogen-bond acceptors (Lipinski definition) is 2. The Morgan fingerprint density at radius 3 is 1.85 bits per heavy atom. The second kappa shape index (κ2) is 15.1. The molecule has 3 aliphatic rings. The third-order valence-corrected chi connectivity index (χ3v) is 12.4. The molecule has 0 aromatic heterocycles. The fourth-order valence-electron chi connectivity index (χ4n) is 9.34. The van der Waals surface area contributed by atoms with E-state index in [1.807, 2.05) is 0 Å². The number of allylic oxidation sites excluding steroid dienone is 9. The van der Waals surface area contributed by atoms with Gasteiger partial charge < -0.3 is 9.80 Å². The third kappa shape index (κ3) is 6.47. The van der Waals surface area contributed by atoms with Gasteiger partial charge in [-0.3, -0.25) is 0 Å². The first-order valence-electron chi connectivity index (χ1n) is 20.8. The molecule has 0 fully saturated rings. The van der Waals surface area contributed by atoms with Crippen molar-refractivity contribution in [3.05, 3.63) is 259 Å². The van der Waals surface area contributed by atoms with Crippen molar-refractivity contribution >= 4 is 50.7 Å². The van der Waals surface area contributed by atoms with E-state index in [9.17, 15) is 0 Å². The fraction of sp³-hybridized carbons (Fsp3) is 0.0690. The molecule has 0 atom stereocenters. The quantitative estimate of drug-likeness (QED) is 0.166. The molecule has 2 heteroatoms. The van der Waals surface area contributed by atoms with Gasteiger partial charge in [-0.15, -0.1) is 0 Å². The molecule has 7 aromatic rings.